The highest BCUT2D eigenvalue weighted by atomic mass is 35.5. The third-order valence-electron chi connectivity index (χ3n) is 5.01. The van der Waals surface area contributed by atoms with Gasteiger partial charge in [0.05, 0.1) is 19.8 Å². The Morgan fingerprint density at radius 1 is 1.11 bits per heavy atom. The average molecular weight is 396 g/mol. The number of benzene rings is 1. The number of fused-ring (bicyclic) bond motifs is 1. The molecule has 5 rings (SSSR count). The van der Waals surface area contributed by atoms with E-state index in [0.717, 1.165) is 16.9 Å². The van der Waals surface area contributed by atoms with Crippen LogP contribution in [0.1, 0.15) is 16.1 Å². The molecule has 0 atom stereocenters. The van der Waals surface area contributed by atoms with Crippen LogP contribution in [0.3, 0.4) is 0 Å². The van der Waals surface area contributed by atoms with Gasteiger partial charge in [-0.05, 0) is 36.4 Å². The lowest BCUT2D eigenvalue weighted by atomic mass is 10.2. The van der Waals surface area contributed by atoms with Crippen LogP contribution in [0.15, 0.2) is 48.2 Å². The van der Waals surface area contributed by atoms with Crippen LogP contribution < -0.4 is 10.2 Å². The average Bonchev–Trinajstić information content (AvgIpc) is 3.00. The largest absolute Gasteiger partial charge is 0.378 e. The first-order chi connectivity index (χ1) is 13.7. The Hall–Kier alpha value is -2.90. The Labute approximate surface area is 167 Å². The molecule has 7 nitrogen and oxygen atoms in total. The van der Waals surface area contributed by atoms with Gasteiger partial charge in [-0.15, -0.1) is 0 Å². The van der Waals surface area contributed by atoms with Crippen LogP contribution in [-0.4, -0.2) is 47.1 Å². The predicted octanol–water partition coefficient (Wildman–Crippen LogP) is 3.12. The Balaban J connectivity index is 1.54. The number of hydrogen-bond acceptors (Lipinski definition) is 6. The van der Waals surface area contributed by atoms with Crippen molar-refractivity contribution in [2.45, 2.75) is 6.54 Å². The Kier molecular flexibility index (Phi) is 4.26. The first-order valence-electron chi connectivity index (χ1n) is 9.15. The Morgan fingerprint density at radius 3 is 2.54 bits per heavy atom. The standard InChI is InChI=1S/C20H18ClN5O2/c21-13-4-6-14(7-5-13)22-18-16-12-26(15-2-1-3-15)19(27)17(16)23-20(24-18)25-8-10-28-11-9-25/h1-7H,8-12H2,(H,22,23,24). The smallest absolute Gasteiger partial charge is 0.277 e. The number of carbonyl (C=O) groups excluding carboxylic acids is 1. The van der Waals surface area contributed by atoms with Gasteiger partial charge in [-0.25, -0.2) is 4.98 Å². The van der Waals surface area contributed by atoms with Gasteiger partial charge in [0.2, 0.25) is 5.95 Å². The van der Waals surface area contributed by atoms with Crippen LogP contribution in [0.4, 0.5) is 17.5 Å². The van der Waals surface area contributed by atoms with Crippen LogP contribution in [0.25, 0.3) is 0 Å². The zero-order chi connectivity index (χ0) is 19.1. The molecule has 1 aromatic heterocycles. The number of carbonyl (C=O) groups is 1. The number of hydrogen-bond donors (Lipinski definition) is 1. The quantitative estimate of drug-likeness (QED) is 0.857. The van der Waals surface area contributed by atoms with Gasteiger partial charge in [0.15, 0.2) is 0 Å². The second-order valence-corrected chi connectivity index (χ2v) is 7.21. The number of rotatable bonds is 4. The molecule has 0 unspecified atom stereocenters. The Morgan fingerprint density at radius 2 is 1.86 bits per heavy atom. The molecule has 1 aliphatic carbocycles. The monoisotopic (exact) mass is 395 g/mol. The molecule has 3 heterocycles. The van der Waals surface area contributed by atoms with Crippen molar-refractivity contribution in [3.8, 4) is 0 Å². The van der Waals surface area contributed by atoms with Gasteiger partial charge < -0.3 is 19.9 Å². The van der Waals surface area contributed by atoms with Crippen molar-refractivity contribution >= 4 is 35.0 Å². The van der Waals surface area contributed by atoms with Crippen molar-refractivity contribution in [3.05, 3.63) is 64.5 Å². The number of nitrogens with zero attached hydrogens (tertiary/aromatic N) is 4. The van der Waals surface area contributed by atoms with E-state index < -0.39 is 0 Å². The van der Waals surface area contributed by atoms with E-state index >= 15 is 0 Å². The fourth-order valence-corrected chi connectivity index (χ4v) is 3.53. The zero-order valence-corrected chi connectivity index (χ0v) is 15.8. The van der Waals surface area contributed by atoms with Crippen molar-refractivity contribution in [1.29, 1.82) is 0 Å². The van der Waals surface area contributed by atoms with E-state index in [0.29, 0.717) is 55.3 Å². The summed E-state index contributed by atoms with van der Waals surface area (Å²) in [6.07, 6.45) is 5.77. The van der Waals surface area contributed by atoms with E-state index in [4.69, 9.17) is 21.3 Å². The van der Waals surface area contributed by atoms with Crippen LogP contribution in [0, 0.1) is 0 Å². The molecule has 2 aliphatic heterocycles. The van der Waals surface area contributed by atoms with Crippen molar-refractivity contribution < 1.29 is 9.53 Å². The van der Waals surface area contributed by atoms with Gasteiger partial charge in [0, 0.05) is 35.1 Å². The second-order valence-electron chi connectivity index (χ2n) is 6.77. The maximum atomic E-state index is 13.0. The number of anilines is 3. The highest BCUT2D eigenvalue weighted by Crippen LogP contribution is 2.34. The maximum absolute atomic E-state index is 13.0. The lowest BCUT2D eigenvalue weighted by Crippen LogP contribution is -2.37. The first-order valence-corrected chi connectivity index (χ1v) is 9.53. The molecule has 142 valence electrons. The molecule has 0 radical (unpaired) electrons. The van der Waals surface area contributed by atoms with Gasteiger partial charge >= 0.3 is 0 Å². The maximum Gasteiger partial charge on any atom is 0.277 e. The minimum atomic E-state index is -0.0957. The summed E-state index contributed by atoms with van der Waals surface area (Å²) in [6, 6.07) is 7.40. The third-order valence-corrected chi connectivity index (χ3v) is 5.26. The molecule has 8 heteroatoms. The molecule has 1 N–H and O–H groups in total. The van der Waals surface area contributed by atoms with Gasteiger partial charge in [0.25, 0.3) is 5.91 Å². The summed E-state index contributed by atoms with van der Waals surface area (Å²) in [7, 11) is 0. The van der Waals surface area contributed by atoms with Crippen molar-refractivity contribution in [2.24, 2.45) is 0 Å². The topological polar surface area (TPSA) is 70.6 Å². The summed E-state index contributed by atoms with van der Waals surface area (Å²) >= 11 is 5.99. The van der Waals surface area contributed by atoms with E-state index in [1.54, 1.807) is 4.90 Å². The molecule has 2 aromatic rings. The number of aromatic nitrogens is 2. The summed E-state index contributed by atoms with van der Waals surface area (Å²) < 4.78 is 5.43. The minimum absolute atomic E-state index is 0.0957. The van der Waals surface area contributed by atoms with Crippen molar-refractivity contribution in [1.82, 2.24) is 14.9 Å². The lowest BCUT2D eigenvalue weighted by molar-refractivity contribution is 0.0826. The fraction of sp³-hybridized carbons (Fsp3) is 0.250. The van der Waals surface area contributed by atoms with E-state index in [9.17, 15) is 4.79 Å². The highest BCUT2D eigenvalue weighted by Gasteiger charge is 2.35. The molecule has 0 saturated carbocycles. The molecular formula is C20H18ClN5O2. The molecule has 1 fully saturated rings. The Bertz CT molecular complexity index is 996. The highest BCUT2D eigenvalue weighted by molar-refractivity contribution is 6.30. The molecule has 3 aliphatic rings. The summed E-state index contributed by atoms with van der Waals surface area (Å²) in [5.41, 5.74) is 3.01. The molecule has 1 amide bonds. The van der Waals surface area contributed by atoms with E-state index in [2.05, 4.69) is 15.2 Å². The van der Waals surface area contributed by atoms with Crippen molar-refractivity contribution in [2.75, 3.05) is 36.5 Å². The molecule has 0 bridgehead atoms. The molecule has 1 aromatic carbocycles. The number of morpholine rings is 1. The fourth-order valence-electron chi connectivity index (χ4n) is 3.41. The van der Waals surface area contributed by atoms with Crippen LogP contribution in [-0.2, 0) is 11.3 Å². The van der Waals surface area contributed by atoms with E-state index in [1.165, 1.54) is 0 Å². The lowest BCUT2D eigenvalue weighted by Gasteiger charge is -2.27. The van der Waals surface area contributed by atoms with Gasteiger partial charge in [-0.3, -0.25) is 4.79 Å². The second kappa shape index (κ2) is 6.92. The number of amides is 1. The molecule has 28 heavy (non-hydrogen) atoms. The van der Waals surface area contributed by atoms with Crippen LogP contribution in [0.5, 0.6) is 0 Å². The van der Waals surface area contributed by atoms with Crippen molar-refractivity contribution in [3.63, 3.8) is 0 Å². The molecule has 1 saturated heterocycles. The molecular weight excluding hydrogens is 378 g/mol. The number of allylic oxidation sites excluding steroid dienone is 3. The predicted molar refractivity (Wildman–Crippen MR) is 107 cm³/mol. The summed E-state index contributed by atoms with van der Waals surface area (Å²) in [6.45, 7) is 3.09. The number of nitrogens with one attached hydrogen (secondary N) is 1. The van der Waals surface area contributed by atoms with Crippen LogP contribution >= 0.6 is 11.6 Å². The normalized spacial score (nSPS) is 18.0. The van der Waals surface area contributed by atoms with Gasteiger partial charge in [-0.2, -0.15) is 4.98 Å². The van der Waals surface area contributed by atoms with E-state index in [1.807, 2.05) is 42.5 Å². The SMILES string of the molecule is O=C1c2nc(N3CCOCC3)nc(Nc3ccc(Cl)cc3)c2CN1C1=CC=C1. The molecule has 0 spiro atoms. The minimum Gasteiger partial charge on any atom is -0.378 e. The number of halogens is 1. The summed E-state index contributed by atoms with van der Waals surface area (Å²) in [5, 5.41) is 4.01. The van der Waals surface area contributed by atoms with Crippen LogP contribution in [0.2, 0.25) is 5.02 Å². The number of ether oxygens (including phenoxy) is 1. The van der Waals surface area contributed by atoms with Gasteiger partial charge in [0.1, 0.15) is 11.5 Å². The zero-order valence-electron chi connectivity index (χ0n) is 15.1. The first kappa shape index (κ1) is 17.2. The summed E-state index contributed by atoms with van der Waals surface area (Å²) in [5.74, 6) is 1.10. The van der Waals surface area contributed by atoms with Gasteiger partial charge in [-0.1, -0.05) is 17.7 Å². The van der Waals surface area contributed by atoms with E-state index in [-0.39, 0.29) is 5.91 Å². The third kappa shape index (κ3) is 3.02. The summed E-state index contributed by atoms with van der Waals surface area (Å²) in [4.78, 5) is 26.1.